The minimum absolute atomic E-state index is 0.274. The minimum Gasteiger partial charge on any atom is -0.468 e. The van der Waals surface area contributed by atoms with Crippen LogP contribution in [0.1, 0.15) is 11.1 Å². The van der Waals surface area contributed by atoms with Gasteiger partial charge in [0.05, 0.1) is 18.7 Å². The first kappa shape index (κ1) is 22.8. The number of carbonyl (C=O) groups excluding carboxylic acids is 3. The third-order valence-electron chi connectivity index (χ3n) is 5.15. The SMILES string of the molecule is COC(=O)CNC(=O)C1CN(Cc2ccccc2)CCN1C(=O)Nc1cccc(C#N)c1. The third-order valence-corrected chi connectivity index (χ3v) is 5.15. The maximum atomic E-state index is 13.0. The number of piperazine rings is 1. The number of hydrogen-bond acceptors (Lipinski definition) is 6. The van der Waals surface area contributed by atoms with Crippen LogP contribution < -0.4 is 10.6 Å². The number of amides is 3. The van der Waals surface area contributed by atoms with Crippen LogP contribution in [-0.2, 0) is 20.9 Å². The smallest absolute Gasteiger partial charge is 0.325 e. The molecule has 0 spiro atoms. The number of ether oxygens (including phenoxy) is 1. The fourth-order valence-electron chi connectivity index (χ4n) is 3.50. The van der Waals surface area contributed by atoms with Crippen LogP contribution >= 0.6 is 0 Å². The normalized spacial score (nSPS) is 16.0. The third kappa shape index (κ3) is 6.06. The summed E-state index contributed by atoms with van der Waals surface area (Å²) < 4.78 is 4.58. The summed E-state index contributed by atoms with van der Waals surface area (Å²) in [7, 11) is 1.24. The number of esters is 1. The number of urea groups is 1. The van der Waals surface area contributed by atoms with Gasteiger partial charge in [0.25, 0.3) is 0 Å². The summed E-state index contributed by atoms with van der Waals surface area (Å²) >= 11 is 0. The molecule has 1 fully saturated rings. The van der Waals surface area contributed by atoms with E-state index in [0.717, 1.165) is 5.56 Å². The lowest BCUT2D eigenvalue weighted by molar-refractivity contribution is -0.141. The highest BCUT2D eigenvalue weighted by Crippen LogP contribution is 2.17. The predicted octanol–water partition coefficient (Wildman–Crippen LogP) is 1.57. The van der Waals surface area contributed by atoms with E-state index in [0.29, 0.717) is 37.4 Å². The molecule has 1 atom stereocenters. The fourth-order valence-corrected chi connectivity index (χ4v) is 3.50. The van der Waals surface area contributed by atoms with E-state index in [1.165, 1.54) is 12.0 Å². The molecule has 1 aliphatic rings. The molecule has 9 nitrogen and oxygen atoms in total. The number of rotatable bonds is 6. The molecule has 1 saturated heterocycles. The average molecular weight is 435 g/mol. The Labute approximate surface area is 186 Å². The Bertz CT molecular complexity index is 1000. The van der Waals surface area contributed by atoms with Gasteiger partial charge in [-0.25, -0.2) is 4.79 Å². The van der Waals surface area contributed by atoms with Gasteiger partial charge < -0.3 is 20.3 Å². The molecule has 2 N–H and O–H groups in total. The van der Waals surface area contributed by atoms with Crippen LogP contribution in [-0.4, -0.2) is 67.0 Å². The molecule has 3 rings (SSSR count). The molecule has 0 saturated carbocycles. The van der Waals surface area contributed by atoms with E-state index >= 15 is 0 Å². The summed E-state index contributed by atoms with van der Waals surface area (Å²) in [5.74, 6) is -1.01. The standard InChI is InChI=1S/C23H25N5O4/c1-32-21(29)14-25-22(30)20-16-27(15-17-6-3-2-4-7-17)10-11-28(20)23(31)26-19-9-5-8-18(12-19)13-24/h2-9,12,20H,10-11,14-16H2,1H3,(H,25,30)(H,26,31). The molecule has 9 heteroatoms. The Morgan fingerprint density at radius 1 is 1.12 bits per heavy atom. The second-order valence-corrected chi connectivity index (χ2v) is 7.35. The van der Waals surface area contributed by atoms with E-state index in [1.54, 1.807) is 24.3 Å². The summed E-state index contributed by atoms with van der Waals surface area (Å²) in [5, 5.41) is 14.4. The van der Waals surface area contributed by atoms with Crippen molar-refractivity contribution in [1.82, 2.24) is 15.1 Å². The Hall–Kier alpha value is -3.90. The van der Waals surface area contributed by atoms with Crippen molar-refractivity contribution in [3.63, 3.8) is 0 Å². The van der Waals surface area contributed by atoms with Crippen molar-refractivity contribution in [3.8, 4) is 6.07 Å². The number of nitrogens with one attached hydrogen (secondary N) is 2. The Balaban J connectivity index is 1.73. The van der Waals surface area contributed by atoms with Gasteiger partial charge in [0.1, 0.15) is 12.6 Å². The molecule has 0 aliphatic carbocycles. The summed E-state index contributed by atoms with van der Waals surface area (Å²) in [6, 6.07) is 17.2. The highest BCUT2D eigenvalue weighted by atomic mass is 16.5. The average Bonchev–Trinajstić information content (AvgIpc) is 2.82. The zero-order valence-corrected chi connectivity index (χ0v) is 17.8. The lowest BCUT2D eigenvalue weighted by Gasteiger charge is -2.40. The molecule has 0 bridgehead atoms. The Morgan fingerprint density at radius 2 is 1.91 bits per heavy atom. The number of nitrogens with zero attached hydrogens (tertiary/aromatic N) is 3. The van der Waals surface area contributed by atoms with Gasteiger partial charge in [-0.3, -0.25) is 14.5 Å². The maximum Gasteiger partial charge on any atom is 0.325 e. The van der Waals surface area contributed by atoms with Crippen LogP contribution in [0.2, 0.25) is 0 Å². The van der Waals surface area contributed by atoms with Crippen LogP contribution in [0.15, 0.2) is 54.6 Å². The highest BCUT2D eigenvalue weighted by Gasteiger charge is 2.35. The summed E-state index contributed by atoms with van der Waals surface area (Å²) in [5.41, 5.74) is 1.99. The maximum absolute atomic E-state index is 13.0. The predicted molar refractivity (Wildman–Crippen MR) is 117 cm³/mol. The van der Waals surface area contributed by atoms with Crippen molar-refractivity contribution in [2.24, 2.45) is 0 Å². The minimum atomic E-state index is -0.795. The van der Waals surface area contributed by atoms with Crippen LogP contribution in [0.5, 0.6) is 0 Å². The highest BCUT2D eigenvalue weighted by molar-refractivity contribution is 5.95. The number of carbonyl (C=O) groups is 3. The van der Waals surface area contributed by atoms with E-state index in [4.69, 9.17) is 5.26 Å². The number of hydrogen-bond donors (Lipinski definition) is 2. The molecule has 1 heterocycles. The van der Waals surface area contributed by atoms with Gasteiger partial charge in [0.2, 0.25) is 5.91 Å². The number of benzene rings is 2. The van der Waals surface area contributed by atoms with Crippen molar-refractivity contribution < 1.29 is 19.1 Å². The quantitative estimate of drug-likeness (QED) is 0.666. The zero-order chi connectivity index (χ0) is 22.9. The molecule has 32 heavy (non-hydrogen) atoms. The largest absolute Gasteiger partial charge is 0.468 e. The number of nitriles is 1. The summed E-state index contributed by atoms with van der Waals surface area (Å²) in [6.45, 7) is 1.59. The lowest BCUT2D eigenvalue weighted by Crippen LogP contribution is -2.61. The topological polar surface area (TPSA) is 115 Å². The molecule has 0 radical (unpaired) electrons. The monoisotopic (exact) mass is 435 g/mol. The van der Waals surface area contributed by atoms with Crippen molar-refractivity contribution >= 4 is 23.6 Å². The van der Waals surface area contributed by atoms with Crippen LogP contribution in [0.4, 0.5) is 10.5 Å². The summed E-state index contributed by atoms with van der Waals surface area (Å²) in [4.78, 5) is 40.9. The van der Waals surface area contributed by atoms with E-state index < -0.39 is 23.9 Å². The molecule has 2 aromatic rings. The van der Waals surface area contributed by atoms with E-state index in [9.17, 15) is 14.4 Å². The van der Waals surface area contributed by atoms with Crippen molar-refractivity contribution in [3.05, 3.63) is 65.7 Å². The molecule has 2 aromatic carbocycles. The second kappa shape index (κ2) is 10.9. The van der Waals surface area contributed by atoms with Crippen LogP contribution in [0, 0.1) is 11.3 Å². The van der Waals surface area contributed by atoms with Gasteiger partial charge in [-0.15, -0.1) is 0 Å². The van der Waals surface area contributed by atoms with Gasteiger partial charge in [0, 0.05) is 31.9 Å². The van der Waals surface area contributed by atoms with Crippen LogP contribution in [0.3, 0.4) is 0 Å². The Kier molecular flexibility index (Phi) is 7.78. The van der Waals surface area contributed by atoms with Gasteiger partial charge in [-0.2, -0.15) is 5.26 Å². The second-order valence-electron chi connectivity index (χ2n) is 7.35. The molecule has 0 aromatic heterocycles. The molecule has 1 aliphatic heterocycles. The molecular formula is C23H25N5O4. The lowest BCUT2D eigenvalue weighted by atomic mass is 10.1. The Morgan fingerprint density at radius 3 is 2.62 bits per heavy atom. The van der Waals surface area contributed by atoms with Crippen LogP contribution in [0.25, 0.3) is 0 Å². The van der Waals surface area contributed by atoms with Gasteiger partial charge in [-0.1, -0.05) is 36.4 Å². The van der Waals surface area contributed by atoms with E-state index in [-0.39, 0.29) is 6.54 Å². The first-order chi connectivity index (χ1) is 15.5. The number of anilines is 1. The van der Waals surface area contributed by atoms with Gasteiger partial charge in [0.15, 0.2) is 0 Å². The fraction of sp³-hybridized carbons (Fsp3) is 0.304. The first-order valence-electron chi connectivity index (χ1n) is 10.2. The zero-order valence-electron chi connectivity index (χ0n) is 17.8. The molecule has 1 unspecified atom stereocenters. The summed E-state index contributed by atoms with van der Waals surface area (Å²) in [6.07, 6.45) is 0. The van der Waals surface area contributed by atoms with Gasteiger partial charge >= 0.3 is 12.0 Å². The van der Waals surface area contributed by atoms with Gasteiger partial charge in [-0.05, 0) is 23.8 Å². The van der Waals surface area contributed by atoms with Crippen molar-refractivity contribution in [2.75, 3.05) is 38.6 Å². The van der Waals surface area contributed by atoms with Crippen molar-refractivity contribution in [2.45, 2.75) is 12.6 Å². The first-order valence-corrected chi connectivity index (χ1v) is 10.2. The van der Waals surface area contributed by atoms with E-state index in [2.05, 4.69) is 20.3 Å². The molecular weight excluding hydrogens is 410 g/mol. The molecule has 3 amide bonds. The number of methoxy groups -OCH3 is 1. The molecule has 166 valence electrons. The van der Waals surface area contributed by atoms with Crippen molar-refractivity contribution in [1.29, 1.82) is 5.26 Å². The van der Waals surface area contributed by atoms with E-state index in [1.807, 2.05) is 36.4 Å².